The summed E-state index contributed by atoms with van der Waals surface area (Å²) in [5.41, 5.74) is 1.71. The Hall–Kier alpha value is -1.26. The number of halogens is 1. The molecule has 0 saturated carbocycles. The van der Waals surface area contributed by atoms with Gasteiger partial charge in [0.15, 0.2) is 0 Å². The van der Waals surface area contributed by atoms with Crippen LogP contribution in [0.25, 0.3) is 0 Å². The zero-order valence-corrected chi connectivity index (χ0v) is 10.9. The van der Waals surface area contributed by atoms with E-state index in [9.17, 15) is 4.79 Å². The van der Waals surface area contributed by atoms with Crippen molar-refractivity contribution in [2.45, 2.75) is 13.0 Å². The Labute approximate surface area is 111 Å². The molecule has 18 heavy (non-hydrogen) atoms. The average molecular weight is 267 g/mol. The molecule has 4 nitrogen and oxygen atoms in total. The summed E-state index contributed by atoms with van der Waals surface area (Å²) in [6.07, 6.45) is 0. The van der Waals surface area contributed by atoms with Gasteiger partial charge in [-0.1, -0.05) is 17.7 Å². The molecular weight excluding hydrogens is 252 g/mol. The highest BCUT2D eigenvalue weighted by Crippen LogP contribution is 2.39. The number of nitrogens with zero attached hydrogens (tertiary/aromatic N) is 1. The van der Waals surface area contributed by atoms with Gasteiger partial charge in [-0.2, -0.15) is 0 Å². The Bertz CT molecular complexity index is 492. The lowest BCUT2D eigenvalue weighted by Crippen LogP contribution is -2.42. The van der Waals surface area contributed by atoms with Crippen LogP contribution < -0.4 is 10.2 Å². The van der Waals surface area contributed by atoms with E-state index in [4.69, 9.17) is 16.3 Å². The monoisotopic (exact) mass is 266 g/mol. The lowest BCUT2D eigenvalue weighted by Gasteiger charge is -2.30. The van der Waals surface area contributed by atoms with E-state index in [1.54, 1.807) is 6.07 Å². The van der Waals surface area contributed by atoms with Crippen LogP contribution in [0.5, 0.6) is 0 Å². The highest BCUT2D eigenvalue weighted by molar-refractivity contribution is 6.34. The molecule has 0 aliphatic carbocycles. The smallest absolute Gasteiger partial charge is 0.232 e. The third-order valence-electron chi connectivity index (χ3n) is 3.68. The summed E-state index contributed by atoms with van der Waals surface area (Å²) >= 11 is 6.19. The molecule has 1 amide bonds. The number of benzene rings is 1. The lowest BCUT2D eigenvalue weighted by molar-refractivity contribution is -0.120. The van der Waals surface area contributed by atoms with Crippen molar-refractivity contribution in [1.82, 2.24) is 0 Å². The molecule has 5 heteroatoms. The molecule has 2 aliphatic heterocycles. The molecule has 2 heterocycles. The number of hydrogen-bond donors (Lipinski definition) is 1. The van der Waals surface area contributed by atoms with Gasteiger partial charge in [-0.15, -0.1) is 0 Å². The second-order valence-electron chi connectivity index (χ2n) is 4.62. The van der Waals surface area contributed by atoms with E-state index < -0.39 is 0 Å². The standard InChI is InChI=1S/C13H15ClN2O2/c1-2-16-10-5-3-4-9(14)12(10)15-13(17)8-6-18-7-11(8)16/h3-5,8,11H,2,6-7H2,1H3,(H,15,17). The molecular formula is C13H15ClN2O2. The maximum atomic E-state index is 12.2. The van der Waals surface area contributed by atoms with Crippen molar-refractivity contribution < 1.29 is 9.53 Å². The van der Waals surface area contributed by atoms with Gasteiger partial charge in [0.2, 0.25) is 5.91 Å². The molecule has 2 aliphatic rings. The molecule has 1 N–H and O–H groups in total. The van der Waals surface area contributed by atoms with Crippen LogP contribution in [0.15, 0.2) is 18.2 Å². The molecule has 1 aromatic rings. The number of carbonyl (C=O) groups is 1. The van der Waals surface area contributed by atoms with Crippen molar-refractivity contribution in [2.75, 3.05) is 30.0 Å². The minimum atomic E-state index is -0.117. The number of anilines is 2. The van der Waals surface area contributed by atoms with Gasteiger partial charge in [0.25, 0.3) is 0 Å². The number of hydrogen-bond acceptors (Lipinski definition) is 3. The quantitative estimate of drug-likeness (QED) is 0.847. The number of ether oxygens (including phenoxy) is 1. The van der Waals surface area contributed by atoms with Gasteiger partial charge in [0.1, 0.15) is 0 Å². The molecule has 1 saturated heterocycles. The topological polar surface area (TPSA) is 41.6 Å². The highest BCUT2D eigenvalue weighted by Gasteiger charge is 2.41. The van der Waals surface area contributed by atoms with Crippen molar-refractivity contribution >= 4 is 28.9 Å². The third-order valence-corrected chi connectivity index (χ3v) is 3.99. The fourth-order valence-electron chi connectivity index (χ4n) is 2.78. The number of carbonyl (C=O) groups excluding carboxylic acids is 1. The number of nitrogens with one attached hydrogen (secondary N) is 1. The van der Waals surface area contributed by atoms with E-state index in [2.05, 4.69) is 17.1 Å². The summed E-state index contributed by atoms with van der Waals surface area (Å²) < 4.78 is 5.46. The highest BCUT2D eigenvalue weighted by atomic mass is 35.5. The summed E-state index contributed by atoms with van der Waals surface area (Å²) in [6.45, 7) is 3.99. The zero-order chi connectivity index (χ0) is 12.7. The maximum Gasteiger partial charge on any atom is 0.232 e. The first-order valence-electron chi connectivity index (χ1n) is 6.16. The second kappa shape index (κ2) is 4.44. The molecule has 96 valence electrons. The first-order chi connectivity index (χ1) is 8.72. The van der Waals surface area contributed by atoms with E-state index in [0.717, 1.165) is 17.9 Å². The molecule has 1 fully saturated rings. The van der Waals surface area contributed by atoms with Gasteiger partial charge in [-0.25, -0.2) is 0 Å². The predicted octanol–water partition coefficient (Wildman–Crippen LogP) is 2.13. The first kappa shape index (κ1) is 11.8. The minimum absolute atomic E-state index is 0.00259. The summed E-state index contributed by atoms with van der Waals surface area (Å²) in [6, 6.07) is 5.80. The zero-order valence-electron chi connectivity index (χ0n) is 10.1. The van der Waals surface area contributed by atoms with Gasteiger partial charge in [0, 0.05) is 6.54 Å². The van der Waals surface area contributed by atoms with E-state index in [1.807, 2.05) is 12.1 Å². The van der Waals surface area contributed by atoms with Gasteiger partial charge in [-0.05, 0) is 19.1 Å². The van der Waals surface area contributed by atoms with Crippen LogP contribution >= 0.6 is 11.6 Å². The Kier molecular flexibility index (Phi) is 2.92. The SMILES string of the molecule is CCN1c2cccc(Cl)c2NC(=O)C2COCC21. The van der Waals surface area contributed by atoms with Crippen LogP contribution in [0.2, 0.25) is 5.02 Å². The second-order valence-corrected chi connectivity index (χ2v) is 5.03. The van der Waals surface area contributed by atoms with Crippen molar-refractivity contribution in [1.29, 1.82) is 0 Å². The Balaban J connectivity index is 2.13. The molecule has 0 spiro atoms. The fourth-order valence-corrected chi connectivity index (χ4v) is 2.99. The van der Waals surface area contributed by atoms with E-state index in [-0.39, 0.29) is 17.9 Å². The van der Waals surface area contributed by atoms with Crippen molar-refractivity contribution in [3.8, 4) is 0 Å². The van der Waals surface area contributed by atoms with Crippen LogP contribution in [-0.4, -0.2) is 31.7 Å². The van der Waals surface area contributed by atoms with Crippen LogP contribution in [0.3, 0.4) is 0 Å². The van der Waals surface area contributed by atoms with Crippen molar-refractivity contribution in [3.63, 3.8) is 0 Å². The number of para-hydroxylation sites is 1. The van der Waals surface area contributed by atoms with Gasteiger partial charge in [0.05, 0.1) is 41.6 Å². The largest absolute Gasteiger partial charge is 0.378 e. The summed E-state index contributed by atoms with van der Waals surface area (Å²) in [5, 5.41) is 3.52. The Morgan fingerprint density at radius 1 is 1.50 bits per heavy atom. The maximum absolute atomic E-state index is 12.2. The van der Waals surface area contributed by atoms with Gasteiger partial charge in [-0.3, -0.25) is 4.79 Å². The molecule has 1 aromatic carbocycles. The molecule has 2 unspecified atom stereocenters. The number of likely N-dealkylation sites (N-methyl/N-ethyl adjacent to an activating group) is 1. The Morgan fingerprint density at radius 3 is 3.11 bits per heavy atom. The van der Waals surface area contributed by atoms with Crippen LogP contribution in [0.1, 0.15) is 6.92 Å². The fraction of sp³-hybridized carbons (Fsp3) is 0.462. The number of amides is 1. The van der Waals surface area contributed by atoms with Gasteiger partial charge >= 0.3 is 0 Å². The minimum Gasteiger partial charge on any atom is -0.378 e. The van der Waals surface area contributed by atoms with E-state index >= 15 is 0 Å². The third kappa shape index (κ3) is 1.68. The van der Waals surface area contributed by atoms with Crippen molar-refractivity contribution in [3.05, 3.63) is 23.2 Å². The molecule has 0 radical (unpaired) electrons. The van der Waals surface area contributed by atoms with Crippen LogP contribution in [-0.2, 0) is 9.53 Å². The summed E-state index contributed by atoms with van der Waals surface area (Å²) in [5.74, 6) is -0.115. The molecule has 0 aromatic heterocycles. The first-order valence-corrected chi connectivity index (χ1v) is 6.54. The number of rotatable bonds is 1. The lowest BCUT2D eigenvalue weighted by atomic mass is 10.0. The summed E-state index contributed by atoms with van der Waals surface area (Å²) in [4.78, 5) is 14.4. The molecule has 2 atom stereocenters. The average Bonchev–Trinajstić information content (AvgIpc) is 2.79. The van der Waals surface area contributed by atoms with Crippen molar-refractivity contribution in [2.24, 2.45) is 5.92 Å². The van der Waals surface area contributed by atoms with Crippen LogP contribution in [0, 0.1) is 5.92 Å². The molecule has 3 rings (SSSR count). The predicted molar refractivity (Wildman–Crippen MR) is 71.2 cm³/mol. The number of fused-ring (bicyclic) bond motifs is 2. The van der Waals surface area contributed by atoms with E-state index in [1.165, 1.54) is 0 Å². The summed E-state index contributed by atoms with van der Waals surface area (Å²) in [7, 11) is 0. The normalized spacial score (nSPS) is 26.3. The Morgan fingerprint density at radius 2 is 2.33 bits per heavy atom. The van der Waals surface area contributed by atoms with Crippen LogP contribution in [0.4, 0.5) is 11.4 Å². The van der Waals surface area contributed by atoms with Gasteiger partial charge < -0.3 is 15.0 Å². The van der Waals surface area contributed by atoms with E-state index in [0.29, 0.717) is 18.2 Å². The molecule has 0 bridgehead atoms.